The fourth-order valence-corrected chi connectivity index (χ4v) is 2.70. The van der Waals surface area contributed by atoms with E-state index in [4.69, 9.17) is 4.74 Å². The molecule has 0 N–H and O–H groups in total. The molecule has 1 aromatic heterocycles. The molecule has 0 saturated carbocycles. The molecule has 1 aromatic carbocycles. The second-order valence-corrected chi connectivity index (χ2v) is 4.94. The van der Waals surface area contributed by atoms with Gasteiger partial charge in [0, 0.05) is 11.1 Å². The Morgan fingerprint density at radius 1 is 1.24 bits per heavy atom. The first-order chi connectivity index (χ1) is 10.2. The fourth-order valence-electron chi connectivity index (χ4n) is 2.70. The Balaban J connectivity index is 2.04. The van der Waals surface area contributed by atoms with Gasteiger partial charge in [0.05, 0.1) is 18.2 Å². The first-order valence-corrected chi connectivity index (χ1v) is 6.85. The Morgan fingerprint density at radius 2 is 2.05 bits per heavy atom. The standard InChI is InChI=1S/C16H15NO4/c1-20-14(18)9-21-16(19)15-10-5-2-3-7-12(10)17-13-8-4-6-11(13)15/h2-3,5,7H,4,6,8-9H2,1H3. The second kappa shape index (κ2) is 5.52. The number of carbonyl (C=O) groups is 2. The van der Waals surface area contributed by atoms with Crippen LogP contribution in [0.2, 0.25) is 0 Å². The van der Waals surface area contributed by atoms with Gasteiger partial charge in [-0.05, 0) is 30.9 Å². The van der Waals surface area contributed by atoms with Crippen molar-refractivity contribution in [2.75, 3.05) is 13.7 Å². The molecule has 1 aliphatic rings. The third kappa shape index (κ3) is 2.46. The average Bonchev–Trinajstić information content (AvgIpc) is 2.97. The molecule has 3 rings (SSSR count). The van der Waals surface area contributed by atoms with Gasteiger partial charge in [0.25, 0.3) is 0 Å². The van der Waals surface area contributed by atoms with E-state index in [1.54, 1.807) is 0 Å². The molecule has 5 heteroatoms. The molecule has 108 valence electrons. The first kappa shape index (κ1) is 13.5. The average molecular weight is 285 g/mol. The van der Waals surface area contributed by atoms with E-state index >= 15 is 0 Å². The van der Waals surface area contributed by atoms with Crippen LogP contribution >= 0.6 is 0 Å². The molecule has 0 unspecified atom stereocenters. The maximum absolute atomic E-state index is 12.4. The number of hydrogen-bond acceptors (Lipinski definition) is 5. The van der Waals surface area contributed by atoms with Crippen LogP contribution in [-0.4, -0.2) is 30.6 Å². The quantitative estimate of drug-likeness (QED) is 0.807. The van der Waals surface area contributed by atoms with E-state index in [-0.39, 0.29) is 6.61 Å². The summed E-state index contributed by atoms with van der Waals surface area (Å²) in [4.78, 5) is 28.1. The monoisotopic (exact) mass is 285 g/mol. The zero-order valence-corrected chi connectivity index (χ0v) is 11.7. The SMILES string of the molecule is COC(=O)COC(=O)c1c2c(nc3ccccc13)CCC2. The zero-order chi connectivity index (χ0) is 14.8. The summed E-state index contributed by atoms with van der Waals surface area (Å²) in [6, 6.07) is 7.49. The van der Waals surface area contributed by atoms with Gasteiger partial charge in [0.15, 0.2) is 6.61 Å². The summed E-state index contributed by atoms with van der Waals surface area (Å²) in [7, 11) is 1.26. The Hall–Kier alpha value is -2.43. The molecule has 0 radical (unpaired) electrons. The van der Waals surface area contributed by atoms with Gasteiger partial charge in [-0.15, -0.1) is 0 Å². The highest BCUT2D eigenvalue weighted by Gasteiger charge is 2.25. The molecule has 5 nitrogen and oxygen atoms in total. The van der Waals surface area contributed by atoms with Crippen LogP contribution in [0.5, 0.6) is 0 Å². The zero-order valence-electron chi connectivity index (χ0n) is 11.7. The van der Waals surface area contributed by atoms with Gasteiger partial charge in [-0.25, -0.2) is 9.59 Å². The minimum absolute atomic E-state index is 0.374. The van der Waals surface area contributed by atoms with Crippen molar-refractivity contribution in [1.82, 2.24) is 4.98 Å². The van der Waals surface area contributed by atoms with Crippen molar-refractivity contribution in [3.63, 3.8) is 0 Å². The molecule has 21 heavy (non-hydrogen) atoms. The van der Waals surface area contributed by atoms with E-state index in [9.17, 15) is 9.59 Å². The van der Waals surface area contributed by atoms with Crippen LogP contribution in [0.1, 0.15) is 28.0 Å². The van der Waals surface area contributed by atoms with Crippen LogP contribution < -0.4 is 0 Å². The number of nitrogens with zero attached hydrogens (tertiary/aromatic N) is 1. The Labute approximate surface area is 121 Å². The van der Waals surface area contributed by atoms with Crippen LogP contribution in [0.3, 0.4) is 0 Å². The van der Waals surface area contributed by atoms with Crippen molar-refractivity contribution in [3.05, 3.63) is 41.1 Å². The lowest BCUT2D eigenvalue weighted by atomic mass is 10.0. The van der Waals surface area contributed by atoms with Crippen LogP contribution in [0.25, 0.3) is 10.9 Å². The van der Waals surface area contributed by atoms with Gasteiger partial charge in [-0.3, -0.25) is 4.98 Å². The summed E-state index contributed by atoms with van der Waals surface area (Å²) >= 11 is 0. The van der Waals surface area contributed by atoms with Gasteiger partial charge in [-0.2, -0.15) is 0 Å². The van der Waals surface area contributed by atoms with Crippen LogP contribution in [0.4, 0.5) is 0 Å². The predicted octanol–water partition coefficient (Wildman–Crippen LogP) is 2.05. The minimum atomic E-state index is -0.571. The van der Waals surface area contributed by atoms with E-state index < -0.39 is 11.9 Å². The highest BCUT2D eigenvalue weighted by molar-refractivity contribution is 6.05. The summed E-state index contributed by atoms with van der Waals surface area (Å²) < 4.78 is 9.56. The van der Waals surface area contributed by atoms with Crippen molar-refractivity contribution < 1.29 is 19.1 Å². The van der Waals surface area contributed by atoms with Gasteiger partial charge < -0.3 is 9.47 Å². The number of methoxy groups -OCH3 is 1. The second-order valence-electron chi connectivity index (χ2n) is 4.94. The van der Waals surface area contributed by atoms with Gasteiger partial charge >= 0.3 is 11.9 Å². The number of ether oxygens (including phenoxy) is 2. The number of fused-ring (bicyclic) bond motifs is 2. The van der Waals surface area contributed by atoms with E-state index in [0.29, 0.717) is 5.56 Å². The summed E-state index contributed by atoms with van der Waals surface area (Å²) in [5.74, 6) is -1.06. The molecule has 2 aromatic rings. The molecular formula is C16H15NO4. The lowest BCUT2D eigenvalue weighted by molar-refractivity contribution is -0.144. The molecule has 0 amide bonds. The molecule has 0 bridgehead atoms. The largest absolute Gasteiger partial charge is 0.466 e. The number of para-hydroxylation sites is 1. The van der Waals surface area contributed by atoms with Crippen molar-refractivity contribution >= 4 is 22.8 Å². The number of pyridine rings is 1. The molecule has 0 atom stereocenters. The number of aryl methyl sites for hydroxylation is 1. The molecule has 1 aliphatic carbocycles. The summed E-state index contributed by atoms with van der Waals surface area (Å²) in [6.07, 6.45) is 2.67. The van der Waals surface area contributed by atoms with Crippen molar-refractivity contribution in [2.45, 2.75) is 19.3 Å². The number of rotatable bonds is 3. The number of esters is 2. The van der Waals surface area contributed by atoms with Crippen LogP contribution in [0, 0.1) is 0 Å². The first-order valence-electron chi connectivity index (χ1n) is 6.85. The van der Waals surface area contributed by atoms with Gasteiger partial charge in [0.2, 0.25) is 0 Å². The van der Waals surface area contributed by atoms with Gasteiger partial charge in [0.1, 0.15) is 0 Å². The number of aromatic nitrogens is 1. The van der Waals surface area contributed by atoms with E-state index in [2.05, 4.69) is 9.72 Å². The molecule has 0 saturated heterocycles. The Kier molecular flexibility index (Phi) is 3.56. The Bertz CT molecular complexity index is 724. The summed E-state index contributed by atoms with van der Waals surface area (Å²) in [6.45, 7) is -0.374. The lowest BCUT2D eigenvalue weighted by Gasteiger charge is -2.11. The normalized spacial score (nSPS) is 13.0. The van der Waals surface area contributed by atoms with Crippen LogP contribution in [-0.2, 0) is 27.1 Å². The molecule has 0 spiro atoms. The van der Waals surface area contributed by atoms with E-state index in [0.717, 1.165) is 41.4 Å². The minimum Gasteiger partial charge on any atom is -0.466 e. The fraction of sp³-hybridized carbons (Fsp3) is 0.312. The topological polar surface area (TPSA) is 65.5 Å². The number of hydrogen-bond donors (Lipinski definition) is 0. The Morgan fingerprint density at radius 3 is 2.86 bits per heavy atom. The summed E-state index contributed by atoms with van der Waals surface area (Å²) in [5, 5.41) is 0.771. The molecule has 1 heterocycles. The predicted molar refractivity (Wildman–Crippen MR) is 76.1 cm³/mol. The number of benzene rings is 1. The maximum atomic E-state index is 12.4. The van der Waals surface area contributed by atoms with E-state index in [1.807, 2.05) is 24.3 Å². The lowest BCUT2D eigenvalue weighted by Crippen LogP contribution is -2.17. The maximum Gasteiger partial charge on any atom is 0.344 e. The van der Waals surface area contributed by atoms with Crippen molar-refractivity contribution in [1.29, 1.82) is 0 Å². The third-order valence-electron chi connectivity index (χ3n) is 3.67. The van der Waals surface area contributed by atoms with Crippen molar-refractivity contribution in [3.8, 4) is 0 Å². The van der Waals surface area contributed by atoms with E-state index in [1.165, 1.54) is 7.11 Å². The number of carbonyl (C=O) groups excluding carboxylic acids is 2. The highest BCUT2D eigenvalue weighted by atomic mass is 16.6. The summed E-state index contributed by atoms with van der Waals surface area (Å²) in [5.41, 5.74) is 3.22. The van der Waals surface area contributed by atoms with Crippen LogP contribution in [0.15, 0.2) is 24.3 Å². The smallest absolute Gasteiger partial charge is 0.344 e. The molecular weight excluding hydrogens is 270 g/mol. The van der Waals surface area contributed by atoms with Gasteiger partial charge in [-0.1, -0.05) is 18.2 Å². The van der Waals surface area contributed by atoms with Crippen molar-refractivity contribution in [2.24, 2.45) is 0 Å². The third-order valence-corrected chi connectivity index (χ3v) is 3.67. The highest BCUT2D eigenvalue weighted by Crippen LogP contribution is 2.30. The molecule has 0 fully saturated rings. The molecule has 0 aliphatic heterocycles.